The average Bonchev–Trinajstić information content (AvgIpc) is 3.08. The Labute approximate surface area is 317 Å². The first-order valence-electron chi connectivity index (χ1n) is 21.8. The van der Waals surface area contributed by atoms with Gasteiger partial charge in [0.25, 0.3) is 7.82 Å². The Balaban J connectivity index is 4.15. The van der Waals surface area contributed by atoms with Crippen LogP contribution in [0.2, 0.25) is 0 Å². The quantitative estimate of drug-likeness (QED) is 0.0266. The van der Waals surface area contributed by atoms with Gasteiger partial charge >= 0.3 is 5.97 Å². The van der Waals surface area contributed by atoms with Gasteiger partial charge in [-0.05, 0) is 12.8 Å². The number of hydrogen-bond acceptors (Lipinski definition) is 7. The van der Waals surface area contributed by atoms with Gasteiger partial charge in [-0.15, -0.1) is 0 Å². The molecule has 0 aliphatic carbocycles. The van der Waals surface area contributed by atoms with Crippen LogP contribution in [0.25, 0.3) is 0 Å². The minimum Gasteiger partial charge on any atom is -0.756 e. The molecule has 0 amide bonds. The topological polar surface area (TPSA) is 94.1 Å². The fourth-order valence-corrected chi connectivity index (χ4v) is 6.98. The van der Waals surface area contributed by atoms with Crippen molar-refractivity contribution in [3.8, 4) is 0 Å². The Hall–Kier alpha value is -0.500. The second-order valence-corrected chi connectivity index (χ2v) is 17.5. The van der Waals surface area contributed by atoms with Crippen LogP contribution in [-0.2, 0) is 27.9 Å². The van der Waals surface area contributed by atoms with Gasteiger partial charge in [0.1, 0.15) is 19.3 Å². The Morgan fingerprint density at radius 3 is 1.29 bits per heavy atom. The summed E-state index contributed by atoms with van der Waals surface area (Å²) in [6, 6.07) is 0. The van der Waals surface area contributed by atoms with E-state index in [1.54, 1.807) is 0 Å². The standard InChI is InChI=1S/C42H86NO7P/c1-6-8-10-12-14-16-18-19-20-21-22-23-24-25-27-29-31-33-35-42(44)50-41(40-49-51(45,46)48-38-36-43(3,4)5)39-47-37-34-32-30-28-26-17-15-13-11-9-7-2/h41H,6-40H2,1-5H3. The van der Waals surface area contributed by atoms with Crippen molar-refractivity contribution in [2.24, 2.45) is 0 Å². The summed E-state index contributed by atoms with van der Waals surface area (Å²) in [6.45, 7) is 5.46. The predicted octanol–water partition coefficient (Wildman–Crippen LogP) is 11.9. The van der Waals surface area contributed by atoms with E-state index in [0.29, 0.717) is 24.1 Å². The SMILES string of the molecule is CCCCCCCCCCCCCCCCCCCCC(=O)OC(COCCCCCCCCCCCCC)COP(=O)([O-])OCC[N+](C)(C)C. The molecule has 51 heavy (non-hydrogen) atoms. The van der Waals surface area contributed by atoms with Crippen LogP contribution in [0.15, 0.2) is 0 Å². The maximum atomic E-state index is 12.7. The molecule has 9 heteroatoms. The summed E-state index contributed by atoms with van der Waals surface area (Å²) in [4.78, 5) is 25.0. The maximum Gasteiger partial charge on any atom is 0.306 e. The van der Waals surface area contributed by atoms with Gasteiger partial charge in [-0.2, -0.15) is 0 Å². The van der Waals surface area contributed by atoms with Crippen LogP contribution >= 0.6 is 7.82 Å². The van der Waals surface area contributed by atoms with E-state index < -0.39 is 13.9 Å². The largest absolute Gasteiger partial charge is 0.756 e. The summed E-state index contributed by atoms with van der Waals surface area (Å²) in [5, 5.41) is 0. The summed E-state index contributed by atoms with van der Waals surface area (Å²) in [7, 11) is 1.37. The fourth-order valence-electron chi connectivity index (χ4n) is 6.25. The van der Waals surface area contributed by atoms with Crippen LogP contribution in [0.3, 0.4) is 0 Å². The molecule has 0 saturated heterocycles. The first kappa shape index (κ1) is 50.5. The summed E-state index contributed by atoms with van der Waals surface area (Å²) in [5.74, 6) is -0.329. The van der Waals surface area contributed by atoms with Gasteiger partial charge < -0.3 is 27.9 Å². The number of esters is 1. The molecule has 0 aromatic carbocycles. The Morgan fingerprint density at radius 2 is 0.902 bits per heavy atom. The van der Waals surface area contributed by atoms with Gasteiger partial charge in [0, 0.05) is 13.0 Å². The molecule has 0 heterocycles. The Kier molecular flexibility index (Phi) is 36.1. The molecule has 0 aromatic rings. The maximum absolute atomic E-state index is 12.7. The highest BCUT2D eigenvalue weighted by atomic mass is 31.2. The zero-order valence-corrected chi connectivity index (χ0v) is 35.5. The molecule has 0 radical (unpaired) electrons. The molecular weight excluding hydrogens is 661 g/mol. The third kappa shape index (κ3) is 40.5. The Bertz CT molecular complexity index is 792. The van der Waals surface area contributed by atoms with E-state index in [4.69, 9.17) is 18.5 Å². The number of phosphoric acid groups is 1. The summed E-state index contributed by atoms with van der Waals surface area (Å²) in [6.07, 6.45) is 36.8. The molecule has 0 spiro atoms. The van der Waals surface area contributed by atoms with Crippen molar-refractivity contribution in [3.63, 3.8) is 0 Å². The van der Waals surface area contributed by atoms with E-state index in [1.165, 1.54) is 154 Å². The van der Waals surface area contributed by atoms with Crippen LogP contribution in [-0.4, -0.2) is 70.7 Å². The third-order valence-electron chi connectivity index (χ3n) is 9.66. The third-order valence-corrected chi connectivity index (χ3v) is 10.6. The van der Waals surface area contributed by atoms with Gasteiger partial charge in [0.05, 0.1) is 34.4 Å². The average molecular weight is 748 g/mol. The van der Waals surface area contributed by atoms with E-state index in [9.17, 15) is 14.3 Å². The minimum absolute atomic E-state index is 0.0312. The van der Waals surface area contributed by atoms with Crippen molar-refractivity contribution in [1.29, 1.82) is 0 Å². The molecule has 0 N–H and O–H groups in total. The first-order chi connectivity index (χ1) is 24.6. The van der Waals surface area contributed by atoms with Crippen molar-refractivity contribution in [1.82, 2.24) is 0 Å². The van der Waals surface area contributed by atoms with Crippen LogP contribution in [0.4, 0.5) is 0 Å². The monoisotopic (exact) mass is 748 g/mol. The lowest BCUT2D eigenvalue weighted by molar-refractivity contribution is -0.870. The number of rotatable bonds is 41. The highest BCUT2D eigenvalue weighted by Gasteiger charge is 2.20. The van der Waals surface area contributed by atoms with Gasteiger partial charge in [-0.25, -0.2) is 0 Å². The number of phosphoric ester groups is 1. The number of nitrogens with zero attached hydrogens (tertiary/aromatic N) is 1. The Morgan fingerprint density at radius 1 is 0.529 bits per heavy atom. The minimum atomic E-state index is -4.51. The van der Waals surface area contributed by atoms with Gasteiger partial charge in [-0.3, -0.25) is 9.36 Å². The smallest absolute Gasteiger partial charge is 0.306 e. The number of quaternary nitrogens is 1. The normalized spacial score (nSPS) is 13.8. The fraction of sp³-hybridized carbons (Fsp3) is 0.976. The molecule has 0 aromatic heterocycles. The van der Waals surface area contributed by atoms with Crippen molar-refractivity contribution in [2.45, 2.75) is 213 Å². The highest BCUT2D eigenvalue weighted by molar-refractivity contribution is 7.45. The molecule has 0 rings (SSSR count). The predicted molar refractivity (Wildman–Crippen MR) is 213 cm³/mol. The van der Waals surface area contributed by atoms with E-state index >= 15 is 0 Å². The van der Waals surface area contributed by atoms with Crippen molar-refractivity contribution in [3.05, 3.63) is 0 Å². The van der Waals surface area contributed by atoms with Gasteiger partial charge in [0.2, 0.25) is 0 Å². The number of carbonyl (C=O) groups is 1. The van der Waals surface area contributed by atoms with Gasteiger partial charge in [-0.1, -0.05) is 187 Å². The van der Waals surface area contributed by atoms with Crippen LogP contribution < -0.4 is 4.89 Å². The molecule has 306 valence electrons. The zero-order chi connectivity index (χ0) is 37.7. The van der Waals surface area contributed by atoms with Crippen LogP contribution in [0.5, 0.6) is 0 Å². The lowest BCUT2D eigenvalue weighted by atomic mass is 10.0. The molecular formula is C42H86NO7P. The first-order valence-corrected chi connectivity index (χ1v) is 23.2. The number of hydrogen-bond donors (Lipinski definition) is 0. The van der Waals surface area contributed by atoms with Crippen molar-refractivity contribution >= 4 is 13.8 Å². The molecule has 0 bridgehead atoms. The number of ether oxygens (including phenoxy) is 2. The molecule has 8 nitrogen and oxygen atoms in total. The molecule has 0 fully saturated rings. The zero-order valence-electron chi connectivity index (χ0n) is 34.6. The summed E-state index contributed by atoms with van der Waals surface area (Å²) < 4.78 is 34.5. The highest BCUT2D eigenvalue weighted by Crippen LogP contribution is 2.38. The number of unbranched alkanes of at least 4 members (excludes halogenated alkanes) is 27. The molecule has 0 aliphatic heterocycles. The molecule has 0 aliphatic rings. The van der Waals surface area contributed by atoms with Gasteiger partial charge in [0.15, 0.2) is 0 Å². The number of carbonyl (C=O) groups excluding carboxylic acids is 1. The van der Waals surface area contributed by atoms with E-state index in [-0.39, 0.29) is 25.8 Å². The van der Waals surface area contributed by atoms with E-state index in [1.807, 2.05) is 21.1 Å². The lowest BCUT2D eigenvalue weighted by Gasteiger charge is -2.28. The molecule has 0 saturated carbocycles. The second-order valence-electron chi connectivity index (χ2n) is 16.1. The van der Waals surface area contributed by atoms with E-state index in [0.717, 1.165) is 32.1 Å². The van der Waals surface area contributed by atoms with E-state index in [2.05, 4.69) is 13.8 Å². The van der Waals surface area contributed by atoms with Crippen LogP contribution in [0, 0.1) is 0 Å². The molecule has 2 unspecified atom stereocenters. The lowest BCUT2D eigenvalue weighted by Crippen LogP contribution is -2.37. The second kappa shape index (κ2) is 36.5. The summed E-state index contributed by atoms with van der Waals surface area (Å²) >= 11 is 0. The number of likely N-dealkylation sites (N-methyl/N-ethyl adjacent to an activating group) is 1. The van der Waals surface area contributed by atoms with Crippen molar-refractivity contribution < 1.29 is 37.3 Å². The van der Waals surface area contributed by atoms with Crippen LogP contribution in [0.1, 0.15) is 206 Å². The van der Waals surface area contributed by atoms with Crippen molar-refractivity contribution in [2.75, 3.05) is 54.1 Å². The molecule has 2 atom stereocenters. The summed E-state index contributed by atoms with van der Waals surface area (Å²) in [5.41, 5.74) is 0.